The second-order valence-electron chi connectivity index (χ2n) is 5.65. The maximum absolute atomic E-state index is 13.4. The SMILES string of the molecule is O=C(NCCNC(=O)c1ccccc1F)NCCNC(=O)c1ccccc1F. The predicted octanol–water partition coefficient (Wildman–Crippen LogP) is 1.42. The number of amides is 4. The van der Waals surface area contributed by atoms with E-state index in [2.05, 4.69) is 21.3 Å². The Kier molecular flexibility index (Phi) is 7.89. The van der Waals surface area contributed by atoms with Crippen molar-refractivity contribution in [2.75, 3.05) is 26.2 Å². The van der Waals surface area contributed by atoms with Gasteiger partial charge in [0, 0.05) is 26.2 Å². The summed E-state index contributed by atoms with van der Waals surface area (Å²) < 4.78 is 26.9. The fraction of sp³-hybridized carbons (Fsp3) is 0.211. The van der Waals surface area contributed by atoms with Crippen molar-refractivity contribution < 1.29 is 23.2 Å². The van der Waals surface area contributed by atoms with Crippen LogP contribution in [-0.2, 0) is 0 Å². The molecule has 0 fully saturated rings. The first-order chi connectivity index (χ1) is 13.5. The number of urea groups is 1. The van der Waals surface area contributed by atoms with Gasteiger partial charge in [-0.25, -0.2) is 13.6 Å². The molecular weight excluding hydrogens is 370 g/mol. The van der Waals surface area contributed by atoms with Crippen molar-refractivity contribution in [1.82, 2.24) is 21.3 Å². The van der Waals surface area contributed by atoms with Crippen LogP contribution in [0.4, 0.5) is 13.6 Å². The highest BCUT2D eigenvalue weighted by Gasteiger charge is 2.11. The van der Waals surface area contributed by atoms with Gasteiger partial charge in [-0.1, -0.05) is 24.3 Å². The van der Waals surface area contributed by atoms with Crippen LogP contribution >= 0.6 is 0 Å². The average Bonchev–Trinajstić information content (AvgIpc) is 2.69. The molecule has 2 aromatic rings. The van der Waals surface area contributed by atoms with Gasteiger partial charge in [0.1, 0.15) is 11.6 Å². The topological polar surface area (TPSA) is 99.3 Å². The molecule has 0 saturated heterocycles. The largest absolute Gasteiger partial charge is 0.350 e. The zero-order chi connectivity index (χ0) is 20.4. The third-order valence-corrected chi connectivity index (χ3v) is 3.63. The summed E-state index contributed by atoms with van der Waals surface area (Å²) in [4.78, 5) is 35.2. The molecule has 0 bridgehead atoms. The highest BCUT2D eigenvalue weighted by molar-refractivity contribution is 5.94. The Labute approximate surface area is 160 Å². The molecule has 28 heavy (non-hydrogen) atoms. The molecule has 0 radical (unpaired) electrons. The van der Waals surface area contributed by atoms with Crippen molar-refractivity contribution in [3.8, 4) is 0 Å². The molecule has 0 spiro atoms. The highest BCUT2D eigenvalue weighted by Crippen LogP contribution is 2.06. The summed E-state index contributed by atoms with van der Waals surface area (Å²) in [5.41, 5.74) is -0.143. The highest BCUT2D eigenvalue weighted by atomic mass is 19.1. The van der Waals surface area contributed by atoms with Crippen LogP contribution in [0.3, 0.4) is 0 Å². The van der Waals surface area contributed by atoms with Crippen molar-refractivity contribution in [3.05, 3.63) is 71.3 Å². The second-order valence-corrected chi connectivity index (χ2v) is 5.65. The van der Waals surface area contributed by atoms with Crippen LogP contribution in [0.15, 0.2) is 48.5 Å². The Morgan fingerprint density at radius 1 is 0.607 bits per heavy atom. The minimum absolute atomic E-state index is 0.0717. The molecule has 0 aliphatic heterocycles. The zero-order valence-corrected chi connectivity index (χ0v) is 14.9. The number of hydrogen-bond acceptors (Lipinski definition) is 3. The van der Waals surface area contributed by atoms with E-state index in [1.807, 2.05) is 0 Å². The minimum atomic E-state index is -0.622. The van der Waals surface area contributed by atoms with E-state index in [-0.39, 0.29) is 37.3 Å². The van der Waals surface area contributed by atoms with Gasteiger partial charge in [0.25, 0.3) is 11.8 Å². The summed E-state index contributed by atoms with van der Waals surface area (Å²) in [5, 5.41) is 9.98. The molecule has 0 heterocycles. The molecule has 9 heteroatoms. The van der Waals surface area contributed by atoms with Crippen LogP contribution in [0.1, 0.15) is 20.7 Å². The Morgan fingerprint density at radius 2 is 0.964 bits per heavy atom. The van der Waals surface area contributed by atoms with Gasteiger partial charge < -0.3 is 21.3 Å². The van der Waals surface area contributed by atoms with E-state index in [1.54, 1.807) is 12.1 Å². The molecule has 2 aromatic carbocycles. The van der Waals surface area contributed by atoms with E-state index in [0.29, 0.717) is 0 Å². The molecule has 0 saturated carbocycles. The van der Waals surface area contributed by atoms with Crippen LogP contribution in [0, 0.1) is 11.6 Å². The summed E-state index contributed by atoms with van der Waals surface area (Å²) in [6.07, 6.45) is 0. The van der Waals surface area contributed by atoms with Gasteiger partial charge in [-0.2, -0.15) is 0 Å². The number of rotatable bonds is 8. The van der Waals surface area contributed by atoms with Crippen LogP contribution in [-0.4, -0.2) is 44.0 Å². The van der Waals surface area contributed by atoms with Gasteiger partial charge in [-0.15, -0.1) is 0 Å². The van der Waals surface area contributed by atoms with E-state index < -0.39 is 29.5 Å². The third-order valence-electron chi connectivity index (χ3n) is 3.63. The average molecular weight is 390 g/mol. The lowest BCUT2D eigenvalue weighted by Crippen LogP contribution is -2.43. The molecular formula is C19H20F2N4O3. The molecule has 0 aliphatic carbocycles. The fourth-order valence-corrected chi connectivity index (χ4v) is 2.25. The van der Waals surface area contributed by atoms with Gasteiger partial charge in [0.05, 0.1) is 11.1 Å². The smallest absolute Gasteiger partial charge is 0.314 e. The Hall–Kier alpha value is -3.49. The van der Waals surface area contributed by atoms with Crippen LogP contribution in [0.25, 0.3) is 0 Å². The third kappa shape index (κ3) is 6.35. The lowest BCUT2D eigenvalue weighted by molar-refractivity contribution is 0.0942. The van der Waals surface area contributed by atoms with Crippen molar-refractivity contribution in [1.29, 1.82) is 0 Å². The van der Waals surface area contributed by atoms with Crippen molar-refractivity contribution in [3.63, 3.8) is 0 Å². The summed E-state index contributed by atoms with van der Waals surface area (Å²) >= 11 is 0. The molecule has 0 aromatic heterocycles. The standard InChI is InChI=1S/C19H20F2N4O3/c20-15-7-3-1-5-13(15)17(26)22-9-11-24-19(28)25-12-10-23-18(27)14-6-2-4-8-16(14)21/h1-8H,9-12H2,(H,22,26)(H,23,27)(H2,24,25,28). The number of carbonyl (C=O) groups is 3. The lowest BCUT2D eigenvalue weighted by Gasteiger charge is -2.10. The van der Waals surface area contributed by atoms with Crippen molar-refractivity contribution in [2.24, 2.45) is 0 Å². The summed E-state index contributed by atoms with van der Waals surface area (Å²) in [6.45, 7) is 0.496. The molecule has 2 rings (SSSR count). The maximum atomic E-state index is 13.4. The van der Waals surface area contributed by atoms with Crippen LogP contribution in [0.2, 0.25) is 0 Å². The number of carbonyl (C=O) groups excluding carboxylic acids is 3. The number of hydrogen-bond donors (Lipinski definition) is 4. The lowest BCUT2D eigenvalue weighted by atomic mass is 10.2. The molecule has 4 amide bonds. The van der Waals surface area contributed by atoms with Gasteiger partial charge in [0.15, 0.2) is 0 Å². The van der Waals surface area contributed by atoms with Gasteiger partial charge >= 0.3 is 6.03 Å². The zero-order valence-electron chi connectivity index (χ0n) is 14.9. The van der Waals surface area contributed by atoms with Crippen molar-refractivity contribution >= 4 is 17.8 Å². The summed E-state index contributed by atoms with van der Waals surface area (Å²) in [7, 11) is 0. The fourth-order valence-electron chi connectivity index (χ4n) is 2.25. The molecule has 0 unspecified atom stereocenters. The summed E-state index contributed by atoms with van der Waals surface area (Å²) in [5.74, 6) is -2.39. The summed E-state index contributed by atoms with van der Waals surface area (Å²) in [6, 6.07) is 10.7. The Bertz CT molecular complexity index is 778. The van der Waals surface area contributed by atoms with Crippen LogP contribution in [0.5, 0.6) is 0 Å². The Morgan fingerprint density at radius 3 is 1.36 bits per heavy atom. The van der Waals surface area contributed by atoms with Crippen molar-refractivity contribution in [2.45, 2.75) is 0 Å². The number of halogens is 2. The number of nitrogens with one attached hydrogen (secondary N) is 4. The van der Waals surface area contributed by atoms with E-state index in [1.165, 1.54) is 36.4 Å². The van der Waals surface area contributed by atoms with E-state index >= 15 is 0 Å². The minimum Gasteiger partial charge on any atom is -0.350 e. The Balaban J connectivity index is 1.58. The molecule has 0 aliphatic rings. The maximum Gasteiger partial charge on any atom is 0.314 e. The quantitative estimate of drug-likeness (QED) is 0.513. The van der Waals surface area contributed by atoms with Crippen LogP contribution < -0.4 is 21.3 Å². The first-order valence-electron chi connectivity index (χ1n) is 8.56. The van der Waals surface area contributed by atoms with Gasteiger partial charge in [0.2, 0.25) is 0 Å². The molecule has 4 N–H and O–H groups in total. The van der Waals surface area contributed by atoms with E-state index in [4.69, 9.17) is 0 Å². The first-order valence-corrected chi connectivity index (χ1v) is 8.56. The normalized spacial score (nSPS) is 10.1. The molecule has 0 atom stereocenters. The monoisotopic (exact) mass is 390 g/mol. The molecule has 7 nitrogen and oxygen atoms in total. The van der Waals surface area contributed by atoms with Gasteiger partial charge in [-0.05, 0) is 24.3 Å². The molecule has 148 valence electrons. The number of benzene rings is 2. The second kappa shape index (κ2) is 10.6. The predicted molar refractivity (Wildman–Crippen MR) is 98.9 cm³/mol. The first kappa shape index (κ1) is 20.8. The van der Waals surface area contributed by atoms with Gasteiger partial charge in [-0.3, -0.25) is 9.59 Å². The van der Waals surface area contributed by atoms with E-state index in [9.17, 15) is 23.2 Å². The van der Waals surface area contributed by atoms with E-state index in [0.717, 1.165) is 0 Å².